The average molecular weight is 385 g/mol. The van der Waals surface area contributed by atoms with Crippen LogP contribution in [0.2, 0.25) is 0 Å². The highest BCUT2D eigenvalue weighted by Gasteiger charge is 2.12. The summed E-state index contributed by atoms with van der Waals surface area (Å²) in [5.74, 6) is 0.381. The molecule has 4 heterocycles. The van der Waals surface area contributed by atoms with Crippen molar-refractivity contribution in [2.24, 2.45) is 0 Å². The van der Waals surface area contributed by atoms with Crippen LogP contribution in [-0.4, -0.2) is 36.4 Å². The minimum atomic E-state index is -0.285. The van der Waals surface area contributed by atoms with E-state index in [0.717, 1.165) is 27.9 Å². The van der Waals surface area contributed by atoms with E-state index in [9.17, 15) is 4.39 Å². The zero-order valence-electron chi connectivity index (χ0n) is 15.3. The number of fused-ring (bicyclic) bond motifs is 2. The predicted octanol–water partition coefficient (Wildman–Crippen LogP) is 3.76. The predicted molar refractivity (Wildman–Crippen MR) is 109 cm³/mol. The van der Waals surface area contributed by atoms with E-state index in [-0.39, 0.29) is 5.82 Å². The first kappa shape index (κ1) is 17.2. The molecule has 29 heavy (non-hydrogen) atoms. The number of rotatable bonds is 5. The van der Waals surface area contributed by atoms with Crippen molar-refractivity contribution >= 4 is 27.9 Å². The number of aromatic nitrogens is 6. The second-order valence-electron chi connectivity index (χ2n) is 6.53. The third-order valence-electron chi connectivity index (χ3n) is 4.67. The monoisotopic (exact) mass is 385 g/mol. The Hall–Kier alpha value is -3.94. The van der Waals surface area contributed by atoms with Gasteiger partial charge in [0, 0.05) is 30.1 Å². The van der Waals surface area contributed by atoms with E-state index in [1.54, 1.807) is 18.6 Å². The fourth-order valence-corrected chi connectivity index (χ4v) is 3.31. The number of hydrogen-bond acceptors (Lipinski definition) is 6. The van der Waals surface area contributed by atoms with Gasteiger partial charge in [0.05, 0.1) is 23.2 Å². The van der Waals surface area contributed by atoms with E-state index < -0.39 is 0 Å². The molecule has 0 saturated carbocycles. The van der Waals surface area contributed by atoms with Gasteiger partial charge in [-0.05, 0) is 36.4 Å². The summed E-state index contributed by atoms with van der Waals surface area (Å²) >= 11 is 0. The number of nitrogens with zero attached hydrogens (tertiary/aromatic N) is 5. The largest absolute Gasteiger partial charge is 0.368 e. The van der Waals surface area contributed by atoms with E-state index in [1.165, 1.54) is 18.5 Å². The van der Waals surface area contributed by atoms with Gasteiger partial charge in [-0.15, -0.1) is 0 Å². The Kier molecular flexibility index (Phi) is 4.28. The molecule has 0 bridgehead atoms. The molecule has 0 aliphatic rings. The van der Waals surface area contributed by atoms with Gasteiger partial charge in [0.1, 0.15) is 17.7 Å². The molecule has 0 radical (unpaired) electrons. The van der Waals surface area contributed by atoms with Crippen molar-refractivity contribution < 1.29 is 4.39 Å². The lowest BCUT2D eigenvalue weighted by atomic mass is 10.0. The molecule has 0 fully saturated rings. The summed E-state index contributed by atoms with van der Waals surface area (Å²) in [5, 5.41) is 4.05. The number of aromatic amines is 1. The summed E-state index contributed by atoms with van der Waals surface area (Å²) < 4.78 is 13.7. The molecule has 0 aliphatic heterocycles. The van der Waals surface area contributed by atoms with Gasteiger partial charge in [-0.1, -0.05) is 6.07 Å². The maximum absolute atomic E-state index is 13.7. The van der Waals surface area contributed by atoms with Gasteiger partial charge in [-0.3, -0.25) is 9.97 Å². The molecule has 5 aromatic rings. The van der Waals surface area contributed by atoms with Gasteiger partial charge in [0.15, 0.2) is 11.5 Å². The average Bonchev–Trinajstić information content (AvgIpc) is 3.24. The third-order valence-corrected chi connectivity index (χ3v) is 4.67. The molecular formula is C21H16FN7. The molecule has 0 amide bonds. The van der Waals surface area contributed by atoms with Crippen LogP contribution in [0, 0.1) is 5.82 Å². The molecule has 8 heteroatoms. The minimum Gasteiger partial charge on any atom is -0.368 e. The quantitative estimate of drug-likeness (QED) is 0.479. The molecular weight excluding hydrogens is 369 g/mol. The zero-order valence-corrected chi connectivity index (χ0v) is 15.3. The van der Waals surface area contributed by atoms with Crippen LogP contribution in [0.5, 0.6) is 0 Å². The van der Waals surface area contributed by atoms with Crippen LogP contribution in [0.4, 0.5) is 10.2 Å². The lowest BCUT2D eigenvalue weighted by Gasteiger charge is -2.12. The minimum absolute atomic E-state index is 0.285. The van der Waals surface area contributed by atoms with Crippen LogP contribution in [-0.2, 0) is 6.42 Å². The summed E-state index contributed by atoms with van der Waals surface area (Å²) in [6, 6.07) is 12.3. The molecule has 142 valence electrons. The number of benzene rings is 1. The smallest absolute Gasteiger partial charge is 0.162 e. The Bertz CT molecular complexity index is 1300. The molecule has 2 N–H and O–H groups in total. The van der Waals surface area contributed by atoms with E-state index in [2.05, 4.69) is 30.2 Å². The van der Waals surface area contributed by atoms with E-state index in [0.29, 0.717) is 29.9 Å². The highest BCUT2D eigenvalue weighted by molar-refractivity contribution is 5.84. The maximum atomic E-state index is 13.7. The number of nitrogens with one attached hydrogen (secondary N) is 2. The summed E-state index contributed by atoms with van der Waals surface area (Å²) in [6.07, 6.45) is 5.45. The number of imidazole rings is 1. The fourth-order valence-electron chi connectivity index (χ4n) is 3.31. The summed E-state index contributed by atoms with van der Waals surface area (Å²) in [6.45, 7) is 0.596. The normalized spacial score (nSPS) is 11.2. The topological polar surface area (TPSA) is 92.3 Å². The highest BCUT2D eigenvalue weighted by atomic mass is 19.1. The first-order valence-corrected chi connectivity index (χ1v) is 9.16. The van der Waals surface area contributed by atoms with Gasteiger partial charge in [-0.25, -0.2) is 19.3 Å². The first-order valence-electron chi connectivity index (χ1n) is 9.16. The second-order valence-corrected chi connectivity index (χ2v) is 6.53. The first-order chi connectivity index (χ1) is 14.3. The summed E-state index contributed by atoms with van der Waals surface area (Å²) in [4.78, 5) is 24.9. The van der Waals surface area contributed by atoms with Crippen molar-refractivity contribution in [1.82, 2.24) is 29.9 Å². The SMILES string of the molecule is Fc1ccc2nc(CCNc3ncnc4[nH]cnc34)c(-c3ccccn3)cc2c1. The van der Waals surface area contributed by atoms with Crippen LogP contribution < -0.4 is 5.32 Å². The van der Waals surface area contributed by atoms with Gasteiger partial charge < -0.3 is 10.3 Å². The van der Waals surface area contributed by atoms with Crippen LogP contribution in [0.1, 0.15) is 5.69 Å². The molecule has 1 aromatic carbocycles. The number of pyridine rings is 2. The zero-order chi connectivity index (χ0) is 19.6. The highest BCUT2D eigenvalue weighted by Crippen LogP contribution is 2.26. The van der Waals surface area contributed by atoms with Gasteiger partial charge in [-0.2, -0.15) is 0 Å². The Balaban J connectivity index is 1.48. The molecule has 0 atom stereocenters. The van der Waals surface area contributed by atoms with E-state index in [1.807, 2.05) is 24.3 Å². The molecule has 4 aromatic heterocycles. The Labute approximate surface area is 165 Å². The molecule has 0 unspecified atom stereocenters. The van der Waals surface area contributed by atoms with Crippen LogP contribution in [0.25, 0.3) is 33.3 Å². The lowest BCUT2D eigenvalue weighted by molar-refractivity contribution is 0.629. The van der Waals surface area contributed by atoms with Gasteiger partial charge >= 0.3 is 0 Å². The Morgan fingerprint density at radius 1 is 1.00 bits per heavy atom. The number of hydrogen-bond donors (Lipinski definition) is 2. The molecule has 5 rings (SSSR count). The van der Waals surface area contributed by atoms with Crippen molar-refractivity contribution in [2.45, 2.75) is 6.42 Å². The van der Waals surface area contributed by atoms with Crippen molar-refractivity contribution in [3.8, 4) is 11.3 Å². The third kappa shape index (κ3) is 3.36. The van der Waals surface area contributed by atoms with Crippen LogP contribution in [0.3, 0.4) is 0 Å². The van der Waals surface area contributed by atoms with Gasteiger partial charge in [0.25, 0.3) is 0 Å². The Morgan fingerprint density at radius 3 is 2.86 bits per heavy atom. The second kappa shape index (κ2) is 7.23. The number of anilines is 1. The van der Waals surface area contributed by atoms with Crippen molar-refractivity contribution in [2.75, 3.05) is 11.9 Å². The van der Waals surface area contributed by atoms with E-state index in [4.69, 9.17) is 4.98 Å². The standard InChI is InChI=1S/C21H16FN7/c22-14-4-5-16-13(9-14)10-15(17-3-1-2-7-23-17)18(29-16)6-8-24-20-19-21(26-11-25-19)28-12-27-20/h1-5,7,9-12H,6,8H2,(H2,24,25,26,27,28). The molecule has 0 spiro atoms. The fraction of sp³-hybridized carbons (Fsp3) is 0.0952. The van der Waals surface area contributed by atoms with Crippen molar-refractivity contribution in [3.05, 3.63) is 72.8 Å². The van der Waals surface area contributed by atoms with Crippen LogP contribution in [0.15, 0.2) is 61.3 Å². The molecule has 0 aliphatic carbocycles. The maximum Gasteiger partial charge on any atom is 0.162 e. The lowest BCUT2D eigenvalue weighted by Crippen LogP contribution is -2.09. The molecule has 7 nitrogen and oxygen atoms in total. The van der Waals surface area contributed by atoms with Crippen LogP contribution >= 0.6 is 0 Å². The van der Waals surface area contributed by atoms with Crippen molar-refractivity contribution in [3.63, 3.8) is 0 Å². The Morgan fingerprint density at radius 2 is 1.97 bits per heavy atom. The van der Waals surface area contributed by atoms with Crippen molar-refractivity contribution in [1.29, 1.82) is 0 Å². The summed E-state index contributed by atoms with van der Waals surface area (Å²) in [7, 11) is 0. The number of H-pyrrole nitrogens is 1. The molecule has 0 saturated heterocycles. The number of halogens is 1. The van der Waals surface area contributed by atoms with E-state index >= 15 is 0 Å². The van der Waals surface area contributed by atoms with Gasteiger partial charge in [0.2, 0.25) is 0 Å². The summed E-state index contributed by atoms with van der Waals surface area (Å²) in [5.41, 5.74) is 4.69.